The molecule has 0 atom stereocenters. The van der Waals surface area contributed by atoms with E-state index in [2.05, 4.69) is 20.5 Å². The van der Waals surface area contributed by atoms with Gasteiger partial charge in [0.1, 0.15) is 5.00 Å². The molecule has 2 aromatic rings. The fraction of sp³-hybridized carbons (Fsp3) is 0.200. The van der Waals surface area contributed by atoms with E-state index in [0.29, 0.717) is 10.2 Å². The number of tetrazole rings is 1. The first-order chi connectivity index (χ1) is 6.25. The molecule has 0 aliphatic rings. The first-order valence-corrected chi connectivity index (χ1v) is 5.00. The third-order valence-corrected chi connectivity index (χ3v) is 3.19. The molecular formula is C5H6N6S2. The lowest BCUT2D eigenvalue weighted by Gasteiger charge is -1.92. The van der Waals surface area contributed by atoms with E-state index in [1.165, 1.54) is 23.1 Å². The number of aryl methyl sites for hydroxylation is 1. The molecule has 0 aliphatic carbocycles. The molecule has 0 saturated heterocycles. The topological polar surface area (TPSA) is 82.5 Å². The van der Waals surface area contributed by atoms with Gasteiger partial charge in [-0.1, -0.05) is 11.3 Å². The van der Waals surface area contributed by atoms with Crippen molar-refractivity contribution in [1.82, 2.24) is 25.2 Å². The Bertz CT molecular complexity index is 407. The van der Waals surface area contributed by atoms with Crippen molar-refractivity contribution in [3.05, 3.63) is 6.20 Å². The molecule has 8 heteroatoms. The summed E-state index contributed by atoms with van der Waals surface area (Å²) in [7, 11) is 1.78. The number of nitrogens with two attached hydrogens (primary N) is 1. The van der Waals surface area contributed by atoms with Gasteiger partial charge in [0.2, 0.25) is 5.16 Å². The number of rotatable bonds is 2. The highest BCUT2D eigenvalue weighted by Crippen LogP contribution is 2.29. The quantitative estimate of drug-likeness (QED) is 0.779. The van der Waals surface area contributed by atoms with Crippen molar-refractivity contribution in [3.8, 4) is 0 Å². The molecule has 2 aromatic heterocycles. The summed E-state index contributed by atoms with van der Waals surface area (Å²) in [5, 5.41) is 12.4. The highest BCUT2D eigenvalue weighted by Gasteiger charge is 2.07. The standard InChI is InChI=1S/C5H6N6S2/c1-11-4(8-9-10-11)13-5-7-2-3(6)12-5/h2H,6H2,1H3. The van der Waals surface area contributed by atoms with Crippen LogP contribution in [0.1, 0.15) is 0 Å². The first-order valence-electron chi connectivity index (χ1n) is 3.37. The Labute approximate surface area is 82.2 Å². The van der Waals surface area contributed by atoms with Gasteiger partial charge in [-0.15, -0.1) is 5.10 Å². The van der Waals surface area contributed by atoms with Crippen LogP contribution in [0, 0.1) is 0 Å². The molecule has 0 radical (unpaired) electrons. The van der Waals surface area contributed by atoms with Crippen molar-refractivity contribution in [2.24, 2.45) is 7.05 Å². The van der Waals surface area contributed by atoms with E-state index in [-0.39, 0.29) is 0 Å². The molecule has 0 spiro atoms. The van der Waals surface area contributed by atoms with Crippen molar-refractivity contribution in [3.63, 3.8) is 0 Å². The highest BCUT2D eigenvalue weighted by molar-refractivity contribution is 8.00. The summed E-state index contributed by atoms with van der Waals surface area (Å²) in [4.78, 5) is 4.08. The predicted molar refractivity (Wildman–Crippen MR) is 49.4 cm³/mol. The number of aromatic nitrogens is 5. The van der Waals surface area contributed by atoms with Crippen LogP contribution in [0.3, 0.4) is 0 Å². The molecule has 6 nitrogen and oxygen atoms in total. The van der Waals surface area contributed by atoms with E-state index < -0.39 is 0 Å². The van der Waals surface area contributed by atoms with Gasteiger partial charge in [0, 0.05) is 7.05 Å². The number of hydrogen-bond acceptors (Lipinski definition) is 7. The van der Waals surface area contributed by atoms with Gasteiger partial charge in [-0.05, 0) is 22.2 Å². The van der Waals surface area contributed by atoms with E-state index in [9.17, 15) is 0 Å². The molecule has 0 bridgehead atoms. The van der Waals surface area contributed by atoms with Gasteiger partial charge in [0.15, 0.2) is 4.34 Å². The summed E-state index contributed by atoms with van der Waals surface area (Å²) in [5.74, 6) is 0. The van der Waals surface area contributed by atoms with Gasteiger partial charge in [-0.3, -0.25) is 0 Å². The maximum Gasteiger partial charge on any atom is 0.216 e. The minimum absolute atomic E-state index is 0.692. The Morgan fingerprint density at radius 3 is 3.00 bits per heavy atom. The van der Waals surface area contributed by atoms with E-state index in [1.54, 1.807) is 17.9 Å². The summed E-state index contributed by atoms with van der Waals surface area (Å²) >= 11 is 2.81. The molecule has 2 N–H and O–H groups in total. The van der Waals surface area contributed by atoms with Crippen molar-refractivity contribution in [2.45, 2.75) is 9.50 Å². The average molecular weight is 214 g/mol. The zero-order valence-electron chi connectivity index (χ0n) is 6.71. The molecule has 0 amide bonds. The lowest BCUT2D eigenvalue weighted by molar-refractivity contribution is 0.664. The van der Waals surface area contributed by atoms with Crippen LogP contribution in [-0.4, -0.2) is 25.2 Å². The molecule has 0 saturated carbocycles. The zero-order valence-corrected chi connectivity index (χ0v) is 8.34. The van der Waals surface area contributed by atoms with E-state index >= 15 is 0 Å². The molecule has 0 aromatic carbocycles. The van der Waals surface area contributed by atoms with Crippen LogP contribution in [0.2, 0.25) is 0 Å². The van der Waals surface area contributed by atoms with Crippen LogP contribution in [0.15, 0.2) is 15.7 Å². The second kappa shape index (κ2) is 3.30. The normalized spacial score (nSPS) is 10.5. The predicted octanol–water partition coefficient (Wildman–Crippen LogP) is 0.400. The Balaban J connectivity index is 2.19. The van der Waals surface area contributed by atoms with Crippen LogP contribution in [0.4, 0.5) is 5.00 Å². The van der Waals surface area contributed by atoms with Crippen LogP contribution < -0.4 is 5.73 Å². The van der Waals surface area contributed by atoms with E-state index in [4.69, 9.17) is 5.73 Å². The third-order valence-electron chi connectivity index (χ3n) is 1.26. The Morgan fingerprint density at radius 2 is 2.46 bits per heavy atom. The van der Waals surface area contributed by atoms with Crippen molar-refractivity contribution in [1.29, 1.82) is 0 Å². The average Bonchev–Trinajstić information content (AvgIpc) is 2.64. The molecule has 2 heterocycles. The van der Waals surface area contributed by atoms with Crippen LogP contribution in [0.25, 0.3) is 0 Å². The number of hydrogen-bond donors (Lipinski definition) is 1. The van der Waals surface area contributed by atoms with Crippen molar-refractivity contribution < 1.29 is 0 Å². The zero-order chi connectivity index (χ0) is 9.26. The summed E-state index contributed by atoms with van der Waals surface area (Å²) < 4.78 is 2.43. The smallest absolute Gasteiger partial charge is 0.216 e. The summed E-state index contributed by atoms with van der Waals surface area (Å²) in [6.07, 6.45) is 1.62. The largest absolute Gasteiger partial charge is 0.389 e. The molecule has 68 valence electrons. The minimum atomic E-state index is 0.692. The van der Waals surface area contributed by atoms with Crippen LogP contribution in [0.5, 0.6) is 0 Å². The minimum Gasteiger partial charge on any atom is -0.389 e. The van der Waals surface area contributed by atoms with Gasteiger partial charge >= 0.3 is 0 Å². The Hall–Kier alpha value is -1.15. The number of nitrogens with zero attached hydrogens (tertiary/aromatic N) is 5. The first kappa shape index (κ1) is 8.45. The van der Waals surface area contributed by atoms with Gasteiger partial charge in [0.25, 0.3) is 0 Å². The molecule has 0 unspecified atom stereocenters. The summed E-state index contributed by atoms with van der Waals surface area (Å²) in [6.45, 7) is 0. The fourth-order valence-electron chi connectivity index (χ4n) is 0.703. The summed E-state index contributed by atoms with van der Waals surface area (Å²) in [6, 6.07) is 0. The SMILES string of the molecule is Cn1nnnc1Sc1ncc(N)s1. The van der Waals surface area contributed by atoms with Gasteiger partial charge in [-0.25, -0.2) is 9.67 Å². The van der Waals surface area contributed by atoms with Crippen LogP contribution >= 0.6 is 23.1 Å². The van der Waals surface area contributed by atoms with E-state index in [0.717, 1.165) is 4.34 Å². The Morgan fingerprint density at radius 1 is 1.62 bits per heavy atom. The molecule has 13 heavy (non-hydrogen) atoms. The third kappa shape index (κ3) is 1.78. The number of anilines is 1. The number of nitrogen functional groups attached to an aromatic ring is 1. The fourth-order valence-corrected chi connectivity index (χ4v) is 2.30. The maximum absolute atomic E-state index is 5.53. The number of thiazole rings is 1. The maximum atomic E-state index is 5.53. The van der Waals surface area contributed by atoms with Crippen LogP contribution in [-0.2, 0) is 7.05 Å². The second-order valence-corrected chi connectivity index (χ2v) is 4.49. The molecule has 0 aliphatic heterocycles. The lowest BCUT2D eigenvalue weighted by atomic mass is 10.9. The molecular weight excluding hydrogens is 208 g/mol. The van der Waals surface area contributed by atoms with E-state index in [1.807, 2.05) is 0 Å². The highest BCUT2D eigenvalue weighted by atomic mass is 32.2. The van der Waals surface area contributed by atoms with Gasteiger partial charge in [0.05, 0.1) is 6.20 Å². The van der Waals surface area contributed by atoms with Crippen molar-refractivity contribution >= 4 is 28.1 Å². The van der Waals surface area contributed by atoms with Gasteiger partial charge < -0.3 is 5.73 Å². The van der Waals surface area contributed by atoms with Crippen molar-refractivity contribution in [2.75, 3.05) is 5.73 Å². The summed E-state index contributed by atoms with van der Waals surface area (Å²) in [5.41, 5.74) is 5.53. The monoisotopic (exact) mass is 214 g/mol. The van der Waals surface area contributed by atoms with Gasteiger partial charge in [-0.2, -0.15) is 0 Å². The molecule has 0 fully saturated rings. The lowest BCUT2D eigenvalue weighted by Crippen LogP contribution is -1.92. The second-order valence-electron chi connectivity index (χ2n) is 2.22. The molecule has 2 rings (SSSR count). The Kier molecular flexibility index (Phi) is 2.15.